The third-order valence-corrected chi connectivity index (χ3v) is 2.20. The molecule has 0 aliphatic rings. The van der Waals surface area contributed by atoms with E-state index in [9.17, 15) is 0 Å². The van der Waals surface area contributed by atoms with Crippen LogP contribution in [0.25, 0.3) is 0 Å². The maximum Gasteiger partial charge on any atom is 0.234 e. The molecule has 3 N–H and O–H groups in total. The van der Waals surface area contributed by atoms with Crippen molar-refractivity contribution in [2.75, 3.05) is 25.6 Å². The highest BCUT2D eigenvalue weighted by molar-refractivity contribution is 5.34. The van der Waals surface area contributed by atoms with E-state index in [0.717, 1.165) is 6.42 Å². The molecule has 0 spiro atoms. The van der Waals surface area contributed by atoms with E-state index in [1.54, 1.807) is 19.5 Å². The van der Waals surface area contributed by atoms with Crippen LogP contribution in [0.3, 0.4) is 0 Å². The number of rotatable bonds is 8. The Morgan fingerprint density at radius 3 is 2.78 bits per heavy atom. The molecule has 0 aliphatic carbocycles. The summed E-state index contributed by atoms with van der Waals surface area (Å²) in [5.41, 5.74) is 5.55. The number of nitrogens with two attached hydrogens (primary N) is 1. The van der Waals surface area contributed by atoms with Crippen molar-refractivity contribution in [3.63, 3.8) is 0 Å². The Morgan fingerprint density at radius 1 is 1.39 bits per heavy atom. The Morgan fingerprint density at radius 2 is 2.17 bits per heavy atom. The van der Waals surface area contributed by atoms with Crippen molar-refractivity contribution in [3.05, 3.63) is 12.4 Å². The Balaban J connectivity index is 2.64. The van der Waals surface area contributed by atoms with Crippen molar-refractivity contribution >= 4 is 5.82 Å². The fourth-order valence-corrected chi connectivity index (χ4v) is 1.52. The number of aromatic nitrogens is 2. The molecule has 1 unspecified atom stereocenters. The maximum absolute atomic E-state index is 5.55. The lowest BCUT2D eigenvalue weighted by atomic mass is 10.2. The van der Waals surface area contributed by atoms with E-state index in [1.165, 1.54) is 0 Å². The molecule has 0 saturated heterocycles. The quantitative estimate of drug-likeness (QED) is 0.721. The van der Waals surface area contributed by atoms with Crippen LogP contribution in [-0.2, 0) is 4.74 Å². The lowest BCUT2D eigenvalue weighted by molar-refractivity contribution is 0.183. The number of nitrogens with one attached hydrogen (secondary N) is 1. The predicted octanol–water partition coefficient (Wildman–Crippen LogP) is 1.04. The summed E-state index contributed by atoms with van der Waals surface area (Å²) < 4.78 is 10.6. The van der Waals surface area contributed by atoms with Gasteiger partial charge in [0.05, 0.1) is 31.1 Å². The minimum absolute atomic E-state index is 0.0772. The second kappa shape index (κ2) is 7.84. The van der Waals surface area contributed by atoms with Gasteiger partial charge in [0.2, 0.25) is 5.88 Å². The van der Waals surface area contributed by atoms with Crippen molar-refractivity contribution in [3.8, 4) is 5.88 Å². The molecule has 1 aromatic heterocycles. The zero-order valence-electron chi connectivity index (χ0n) is 11.2. The van der Waals surface area contributed by atoms with Gasteiger partial charge in [-0.1, -0.05) is 0 Å². The minimum Gasteiger partial charge on any atom is -0.474 e. The summed E-state index contributed by atoms with van der Waals surface area (Å²) in [5, 5.41) is 3.24. The third-order valence-electron chi connectivity index (χ3n) is 2.20. The fourth-order valence-electron chi connectivity index (χ4n) is 1.52. The molecule has 0 radical (unpaired) electrons. The summed E-state index contributed by atoms with van der Waals surface area (Å²) in [6, 6.07) is 0.128. The molecule has 18 heavy (non-hydrogen) atoms. The van der Waals surface area contributed by atoms with E-state index in [-0.39, 0.29) is 12.1 Å². The molecule has 0 amide bonds. The van der Waals surface area contributed by atoms with Crippen LogP contribution in [0.1, 0.15) is 20.3 Å². The molecule has 0 saturated carbocycles. The first-order valence-electron chi connectivity index (χ1n) is 6.10. The van der Waals surface area contributed by atoms with Gasteiger partial charge in [-0.15, -0.1) is 0 Å². The molecule has 0 aliphatic heterocycles. The zero-order valence-corrected chi connectivity index (χ0v) is 11.2. The number of hydrogen-bond acceptors (Lipinski definition) is 6. The van der Waals surface area contributed by atoms with Gasteiger partial charge in [0, 0.05) is 7.11 Å². The standard InChI is InChI=1S/C12H22N4O2/c1-9(2)18-12-7-14-6-11(16-12)15-10(4-5-13)8-17-3/h6-7,9-10H,4-5,8,13H2,1-3H3,(H,15,16). The number of ether oxygens (including phenoxy) is 2. The summed E-state index contributed by atoms with van der Waals surface area (Å²) in [5.74, 6) is 1.18. The Kier molecular flexibility index (Phi) is 6.38. The van der Waals surface area contributed by atoms with Crippen LogP contribution in [0, 0.1) is 0 Å². The van der Waals surface area contributed by atoms with Gasteiger partial charge in [0.25, 0.3) is 0 Å². The second-order valence-electron chi connectivity index (χ2n) is 4.28. The van der Waals surface area contributed by atoms with Gasteiger partial charge in [-0.05, 0) is 26.8 Å². The molecule has 1 atom stereocenters. The highest BCUT2D eigenvalue weighted by Gasteiger charge is 2.09. The molecule has 6 heteroatoms. The average molecular weight is 254 g/mol. The van der Waals surface area contributed by atoms with Gasteiger partial charge < -0.3 is 20.5 Å². The Bertz CT molecular complexity index is 341. The van der Waals surface area contributed by atoms with Crippen LogP contribution in [0.4, 0.5) is 5.82 Å². The van der Waals surface area contributed by atoms with Gasteiger partial charge in [0.1, 0.15) is 5.82 Å². The van der Waals surface area contributed by atoms with Crippen LogP contribution in [0.2, 0.25) is 0 Å². The van der Waals surface area contributed by atoms with Crippen molar-refractivity contribution < 1.29 is 9.47 Å². The van der Waals surface area contributed by atoms with Gasteiger partial charge in [-0.25, -0.2) is 0 Å². The SMILES string of the molecule is COCC(CCN)Nc1cncc(OC(C)C)n1. The van der Waals surface area contributed by atoms with Crippen LogP contribution in [0.15, 0.2) is 12.4 Å². The van der Waals surface area contributed by atoms with Crippen LogP contribution in [0.5, 0.6) is 5.88 Å². The summed E-state index contributed by atoms with van der Waals surface area (Å²) in [4.78, 5) is 8.41. The summed E-state index contributed by atoms with van der Waals surface area (Å²) in [6.45, 7) is 5.07. The molecule has 102 valence electrons. The van der Waals surface area contributed by atoms with Gasteiger partial charge in [-0.3, -0.25) is 4.98 Å². The van der Waals surface area contributed by atoms with Gasteiger partial charge >= 0.3 is 0 Å². The van der Waals surface area contributed by atoms with Crippen LogP contribution in [-0.4, -0.2) is 42.4 Å². The molecule has 1 rings (SSSR count). The predicted molar refractivity (Wildman–Crippen MR) is 70.8 cm³/mol. The monoisotopic (exact) mass is 254 g/mol. The van der Waals surface area contributed by atoms with E-state index in [2.05, 4.69) is 15.3 Å². The minimum atomic E-state index is 0.0772. The normalized spacial score (nSPS) is 12.5. The van der Waals surface area contributed by atoms with E-state index in [1.807, 2.05) is 13.8 Å². The van der Waals surface area contributed by atoms with Crippen molar-refractivity contribution in [1.29, 1.82) is 0 Å². The highest BCUT2D eigenvalue weighted by atomic mass is 16.5. The molecule has 0 bridgehead atoms. The van der Waals surface area contributed by atoms with Crippen LogP contribution >= 0.6 is 0 Å². The second-order valence-corrected chi connectivity index (χ2v) is 4.28. The molecule has 0 aromatic carbocycles. The summed E-state index contributed by atoms with van der Waals surface area (Å²) in [7, 11) is 1.66. The Labute approximate surface area is 108 Å². The molecular weight excluding hydrogens is 232 g/mol. The number of anilines is 1. The molecule has 6 nitrogen and oxygen atoms in total. The number of nitrogens with zero attached hydrogens (tertiary/aromatic N) is 2. The van der Waals surface area contributed by atoms with Gasteiger partial charge in [0.15, 0.2) is 0 Å². The van der Waals surface area contributed by atoms with E-state index < -0.39 is 0 Å². The van der Waals surface area contributed by atoms with Crippen molar-refractivity contribution in [1.82, 2.24) is 9.97 Å². The first kappa shape index (κ1) is 14.7. The molecule has 1 aromatic rings. The lowest BCUT2D eigenvalue weighted by Crippen LogP contribution is -2.28. The van der Waals surface area contributed by atoms with Crippen molar-refractivity contribution in [2.24, 2.45) is 5.73 Å². The highest BCUT2D eigenvalue weighted by Crippen LogP contribution is 2.12. The summed E-state index contributed by atoms with van der Waals surface area (Å²) >= 11 is 0. The van der Waals surface area contributed by atoms with E-state index >= 15 is 0 Å². The topological polar surface area (TPSA) is 82.3 Å². The zero-order chi connectivity index (χ0) is 13.4. The first-order chi connectivity index (χ1) is 8.65. The van der Waals surface area contributed by atoms with Crippen LogP contribution < -0.4 is 15.8 Å². The smallest absolute Gasteiger partial charge is 0.234 e. The summed E-state index contributed by atoms with van der Waals surface area (Å²) in [6.07, 6.45) is 4.14. The molecular formula is C12H22N4O2. The van der Waals surface area contributed by atoms with Gasteiger partial charge in [-0.2, -0.15) is 4.98 Å². The maximum atomic E-state index is 5.55. The van der Waals surface area contributed by atoms with Crippen molar-refractivity contribution in [2.45, 2.75) is 32.4 Å². The lowest BCUT2D eigenvalue weighted by Gasteiger charge is -2.18. The first-order valence-corrected chi connectivity index (χ1v) is 6.10. The molecule has 0 fully saturated rings. The average Bonchev–Trinajstić information content (AvgIpc) is 2.29. The Hall–Kier alpha value is -1.40. The van der Waals surface area contributed by atoms with E-state index in [4.69, 9.17) is 15.2 Å². The molecule has 1 heterocycles. The number of hydrogen-bond donors (Lipinski definition) is 2. The fraction of sp³-hybridized carbons (Fsp3) is 0.667. The van der Waals surface area contributed by atoms with E-state index in [0.29, 0.717) is 24.8 Å². The number of methoxy groups -OCH3 is 1. The third kappa shape index (κ3) is 5.29. The largest absolute Gasteiger partial charge is 0.474 e.